The van der Waals surface area contributed by atoms with Crippen LogP contribution in [0.25, 0.3) is 0 Å². The first kappa shape index (κ1) is 12.5. The van der Waals surface area contributed by atoms with Crippen molar-refractivity contribution in [2.24, 2.45) is 0 Å². The lowest BCUT2D eigenvalue weighted by molar-refractivity contribution is -0.284. The summed E-state index contributed by atoms with van der Waals surface area (Å²) in [6, 6.07) is 10.0. The van der Waals surface area contributed by atoms with Crippen LogP contribution in [-0.2, 0) is 9.47 Å². The van der Waals surface area contributed by atoms with Crippen LogP contribution in [0.1, 0.15) is 11.6 Å². The molecule has 2 rings (SSSR count). The zero-order valence-electron chi connectivity index (χ0n) is 10.3. The summed E-state index contributed by atoms with van der Waals surface area (Å²) in [5.74, 6) is -0.498. The van der Waals surface area contributed by atoms with Crippen molar-refractivity contribution in [2.45, 2.75) is 11.8 Å². The van der Waals surface area contributed by atoms with Crippen molar-refractivity contribution in [1.82, 2.24) is 4.90 Å². The van der Waals surface area contributed by atoms with Crippen LogP contribution in [0.3, 0.4) is 0 Å². The number of aliphatic hydroxyl groups excluding tert-OH is 1. The fourth-order valence-corrected chi connectivity index (χ4v) is 2.24. The van der Waals surface area contributed by atoms with Crippen molar-refractivity contribution in [3.8, 4) is 0 Å². The van der Waals surface area contributed by atoms with Crippen LogP contribution < -0.4 is 0 Å². The Hall–Kier alpha value is -0.940. The second-order valence-corrected chi connectivity index (χ2v) is 4.33. The van der Waals surface area contributed by atoms with Crippen molar-refractivity contribution in [1.29, 1.82) is 0 Å². The lowest BCUT2D eigenvalue weighted by Crippen LogP contribution is -2.64. The Bertz CT molecular complexity index is 343. The smallest absolute Gasteiger partial charge is 0.193 e. The fourth-order valence-electron chi connectivity index (χ4n) is 2.24. The van der Waals surface area contributed by atoms with Gasteiger partial charge in [-0.05, 0) is 5.56 Å². The number of hydrogen-bond donors (Lipinski definition) is 1. The molecule has 1 aliphatic heterocycles. The van der Waals surface area contributed by atoms with Crippen LogP contribution >= 0.6 is 0 Å². The van der Waals surface area contributed by atoms with E-state index in [2.05, 4.69) is 4.90 Å². The van der Waals surface area contributed by atoms with Crippen molar-refractivity contribution >= 4 is 0 Å². The van der Waals surface area contributed by atoms with Gasteiger partial charge in [0.25, 0.3) is 0 Å². The van der Waals surface area contributed by atoms with Gasteiger partial charge in [-0.15, -0.1) is 0 Å². The van der Waals surface area contributed by atoms with Crippen molar-refractivity contribution in [3.63, 3.8) is 0 Å². The zero-order chi connectivity index (χ0) is 12.3. The number of hydrogen-bond acceptors (Lipinski definition) is 4. The average Bonchev–Trinajstić information content (AvgIpc) is 2.34. The number of aliphatic hydroxyl groups is 1. The second kappa shape index (κ2) is 5.14. The Morgan fingerprint density at radius 1 is 1.24 bits per heavy atom. The normalized spacial score (nSPS) is 20.9. The lowest BCUT2D eigenvalue weighted by atomic mass is 9.99. The Balaban J connectivity index is 2.03. The molecule has 17 heavy (non-hydrogen) atoms. The van der Waals surface area contributed by atoms with E-state index in [1.807, 2.05) is 30.3 Å². The van der Waals surface area contributed by atoms with Crippen molar-refractivity contribution < 1.29 is 14.6 Å². The van der Waals surface area contributed by atoms with Crippen LogP contribution in [-0.4, -0.2) is 49.7 Å². The third kappa shape index (κ3) is 2.35. The fraction of sp³-hybridized carbons (Fsp3) is 0.538. The van der Waals surface area contributed by atoms with Gasteiger partial charge >= 0.3 is 0 Å². The van der Waals surface area contributed by atoms with E-state index in [9.17, 15) is 5.11 Å². The van der Waals surface area contributed by atoms with Crippen LogP contribution in [0.4, 0.5) is 0 Å². The van der Waals surface area contributed by atoms with Gasteiger partial charge in [-0.2, -0.15) is 0 Å². The molecule has 1 aromatic rings. The van der Waals surface area contributed by atoms with E-state index in [1.165, 1.54) is 0 Å². The summed E-state index contributed by atoms with van der Waals surface area (Å²) in [5, 5.41) is 9.51. The molecule has 1 N–H and O–H groups in total. The molecular weight excluding hydrogens is 218 g/mol. The average molecular weight is 237 g/mol. The van der Waals surface area contributed by atoms with Crippen LogP contribution in [0.5, 0.6) is 0 Å². The summed E-state index contributed by atoms with van der Waals surface area (Å²) in [4.78, 5) is 2.16. The van der Waals surface area contributed by atoms with Gasteiger partial charge in [0.2, 0.25) is 0 Å². The predicted octanol–water partition coefficient (Wildman–Crippen LogP) is 1.02. The first-order valence-electron chi connectivity index (χ1n) is 5.75. The Morgan fingerprint density at radius 2 is 1.82 bits per heavy atom. The maximum atomic E-state index is 9.51. The van der Waals surface area contributed by atoms with Gasteiger partial charge in [-0.1, -0.05) is 30.3 Å². The molecule has 0 aromatic heterocycles. The predicted molar refractivity (Wildman–Crippen MR) is 64.6 cm³/mol. The zero-order valence-corrected chi connectivity index (χ0v) is 10.3. The van der Waals surface area contributed by atoms with Crippen LogP contribution in [0.15, 0.2) is 30.3 Å². The van der Waals surface area contributed by atoms with Gasteiger partial charge in [0.15, 0.2) is 5.79 Å². The minimum Gasteiger partial charge on any atom is -0.394 e. The maximum absolute atomic E-state index is 9.51. The van der Waals surface area contributed by atoms with Gasteiger partial charge in [-0.25, -0.2) is 0 Å². The molecule has 0 radical (unpaired) electrons. The maximum Gasteiger partial charge on any atom is 0.193 e. The highest BCUT2D eigenvalue weighted by Gasteiger charge is 2.46. The van der Waals surface area contributed by atoms with Gasteiger partial charge in [0, 0.05) is 14.2 Å². The molecule has 1 saturated heterocycles. The summed E-state index contributed by atoms with van der Waals surface area (Å²) in [6.07, 6.45) is 0. The van der Waals surface area contributed by atoms with E-state index in [-0.39, 0.29) is 12.6 Å². The van der Waals surface area contributed by atoms with E-state index < -0.39 is 5.79 Å². The topological polar surface area (TPSA) is 41.9 Å². The molecular formula is C13H19NO3. The molecule has 94 valence electrons. The lowest BCUT2D eigenvalue weighted by Gasteiger charge is -2.50. The van der Waals surface area contributed by atoms with Gasteiger partial charge < -0.3 is 14.6 Å². The molecule has 0 aliphatic carbocycles. The SMILES string of the molecule is COC1(OC)CN([C@H](CO)c2ccccc2)C1. The van der Waals surface area contributed by atoms with Crippen LogP contribution in [0, 0.1) is 0 Å². The molecule has 0 saturated carbocycles. The monoisotopic (exact) mass is 237 g/mol. The Labute approximate surface area is 102 Å². The molecule has 0 unspecified atom stereocenters. The van der Waals surface area contributed by atoms with Crippen molar-refractivity contribution in [2.75, 3.05) is 33.9 Å². The highest BCUT2D eigenvalue weighted by Crippen LogP contribution is 2.33. The van der Waals surface area contributed by atoms with E-state index in [4.69, 9.17) is 9.47 Å². The number of likely N-dealkylation sites (tertiary alicyclic amines) is 1. The third-order valence-electron chi connectivity index (χ3n) is 3.43. The Kier molecular flexibility index (Phi) is 3.79. The van der Waals surface area contributed by atoms with E-state index in [1.54, 1.807) is 14.2 Å². The van der Waals surface area contributed by atoms with E-state index >= 15 is 0 Å². The number of benzene rings is 1. The quantitative estimate of drug-likeness (QED) is 0.777. The molecule has 0 spiro atoms. The first-order chi connectivity index (χ1) is 8.24. The highest BCUT2D eigenvalue weighted by molar-refractivity contribution is 5.20. The summed E-state index contributed by atoms with van der Waals surface area (Å²) in [7, 11) is 3.30. The highest BCUT2D eigenvalue weighted by atomic mass is 16.7. The molecule has 4 heteroatoms. The summed E-state index contributed by atoms with van der Waals surface area (Å²) in [5.41, 5.74) is 1.12. The van der Waals surface area contributed by atoms with Crippen molar-refractivity contribution in [3.05, 3.63) is 35.9 Å². The summed E-state index contributed by atoms with van der Waals surface area (Å²) in [6.45, 7) is 1.47. The minimum absolute atomic E-state index is 0.0228. The molecule has 0 bridgehead atoms. The molecule has 0 amide bonds. The van der Waals surface area contributed by atoms with Crippen LogP contribution in [0.2, 0.25) is 0 Å². The first-order valence-corrected chi connectivity index (χ1v) is 5.75. The number of ether oxygens (including phenoxy) is 2. The standard InChI is InChI=1S/C13H19NO3/c1-16-13(17-2)9-14(10-13)12(8-15)11-6-4-3-5-7-11/h3-7,12,15H,8-10H2,1-2H3/t12-/m1/s1. The molecule has 1 aliphatic rings. The minimum atomic E-state index is -0.498. The second-order valence-electron chi connectivity index (χ2n) is 4.33. The van der Waals surface area contributed by atoms with Gasteiger partial charge in [0.1, 0.15) is 0 Å². The molecule has 1 heterocycles. The van der Waals surface area contributed by atoms with E-state index in [0.29, 0.717) is 13.1 Å². The summed E-state index contributed by atoms with van der Waals surface area (Å²) < 4.78 is 10.7. The number of rotatable bonds is 5. The van der Waals surface area contributed by atoms with E-state index in [0.717, 1.165) is 5.56 Å². The van der Waals surface area contributed by atoms with Gasteiger partial charge in [-0.3, -0.25) is 4.90 Å². The molecule has 1 aromatic carbocycles. The third-order valence-corrected chi connectivity index (χ3v) is 3.43. The molecule has 1 fully saturated rings. The largest absolute Gasteiger partial charge is 0.394 e. The summed E-state index contributed by atoms with van der Waals surface area (Å²) >= 11 is 0. The number of nitrogens with zero attached hydrogens (tertiary/aromatic N) is 1. The number of methoxy groups -OCH3 is 2. The Morgan fingerprint density at radius 3 is 2.29 bits per heavy atom. The molecule has 1 atom stereocenters. The molecule has 4 nitrogen and oxygen atoms in total. The van der Waals surface area contributed by atoms with Gasteiger partial charge in [0.05, 0.1) is 25.7 Å².